The van der Waals surface area contributed by atoms with E-state index in [1.165, 1.54) is 0 Å². The lowest BCUT2D eigenvalue weighted by molar-refractivity contribution is 0.397. The maximum Gasteiger partial charge on any atom is 0.125 e. The molecule has 28 heavy (non-hydrogen) atoms. The third-order valence-electron chi connectivity index (χ3n) is 4.35. The van der Waals surface area contributed by atoms with Crippen molar-refractivity contribution in [3.63, 3.8) is 0 Å². The van der Waals surface area contributed by atoms with Crippen LogP contribution in [0.25, 0.3) is 0 Å². The summed E-state index contributed by atoms with van der Waals surface area (Å²) in [6.45, 7) is 1.73. The zero-order valence-corrected chi connectivity index (χ0v) is 17.3. The van der Waals surface area contributed by atoms with E-state index in [9.17, 15) is 0 Å². The maximum atomic E-state index is 8.19. The maximum absolute atomic E-state index is 8.19. The Morgan fingerprint density at radius 1 is 0.929 bits per heavy atom. The molecule has 0 amide bonds. The summed E-state index contributed by atoms with van der Waals surface area (Å²) in [5.74, 6) is 1.05. The second-order valence-corrected chi connectivity index (χ2v) is 6.51. The zero-order valence-electron chi connectivity index (χ0n) is 15.7. The Hall–Kier alpha value is -2.53. The van der Waals surface area contributed by atoms with Crippen molar-refractivity contribution >= 4 is 29.8 Å². The number of rotatable bonds is 5. The molecule has 0 bridgehead atoms. The van der Waals surface area contributed by atoms with Gasteiger partial charge in [0, 0.05) is 10.6 Å². The highest BCUT2D eigenvalue weighted by Crippen LogP contribution is 2.42. The highest BCUT2D eigenvalue weighted by molar-refractivity contribution is 6.30. The van der Waals surface area contributed by atoms with E-state index in [1.54, 1.807) is 14.0 Å². The molecule has 6 heteroatoms. The Kier molecular flexibility index (Phi) is 8.51. The number of ether oxygens (including phenoxy) is 1. The SMILES string of the molecule is COc1ccc(Cl)cc1C(NC(C)=N)(c1ccccc1)c1ccccc1.Cl.O. The standard InChI is InChI=1S/C22H21ClN2O.ClH.H2O/c1-16(24)25-22(17-9-5-3-6-10-17,18-11-7-4-8-12-18)20-15-19(23)13-14-21(20)26-2;;/h3-15H,1-2H3,(H2,24,25);1H;1H2. The topological polar surface area (TPSA) is 76.6 Å². The molecule has 4 nitrogen and oxygen atoms in total. The predicted molar refractivity (Wildman–Crippen MR) is 118 cm³/mol. The van der Waals surface area contributed by atoms with Crippen LogP contribution >= 0.6 is 24.0 Å². The minimum Gasteiger partial charge on any atom is -0.496 e. The quantitative estimate of drug-likeness (QED) is 0.353. The number of hydrogen-bond acceptors (Lipinski definition) is 2. The first-order chi connectivity index (χ1) is 12.6. The lowest BCUT2D eigenvalue weighted by atomic mass is 9.76. The molecule has 4 N–H and O–H groups in total. The third kappa shape index (κ3) is 4.47. The molecule has 0 spiro atoms. The molecule has 0 heterocycles. The van der Waals surface area contributed by atoms with Crippen LogP contribution in [0.15, 0.2) is 78.9 Å². The molecule has 3 aromatic rings. The summed E-state index contributed by atoms with van der Waals surface area (Å²) in [4.78, 5) is 0. The summed E-state index contributed by atoms with van der Waals surface area (Å²) >= 11 is 6.35. The van der Waals surface area contributed by atoms with Gasteiger partial charge in [0.2, 0.25) is 0 Å². The van der Waals surface area contributed by atoms with Crippen LogP contribution in [0.4, 0.5) is 0 Å². The van der Waals surface area contributed by atoms with Crippen LogP contribution in [-0.4, -0.2) is 18.4 Å². The van der Waals surface area contributed by atoms with Crippen LogP contribution < -0.4 is 10.1 Å². The average Bonchev–Trinajstić information content (AvgIpc) is 2.67. The van der Waals surface area contributed by atoms with E-state index in [1.807, 2.05) is 78.9 Å². The molecule has 0 radical (unpaired) electrons. The van der Waals surface area contributed by atoms with E-state index in [0.717, 1.165) is 16.7 Å². The fraction of sp³-hybridized carbons (Fsp3) is 0.136. The average molecular weight is 419 g/mol. The number of nitrogens with one attached hydrogen (secondary N) is 2. The largest absolute Gasteiger partial charge is 0.496 e. The molecule has 0 aliphatic carbocycles. The van der Waals surface area contributed by atoms with Crippen LogP contribution in [0, 0.1) is 5.41 Å². The van der Waals surface area contributed by atoms with Gasteiger partial charge < -0.3 is 15.5 Å². The number of benzene rings is 3. The van der Waals surface area contributed by atoms with Crippen molar-refractivity contribution in [1.29, 1.82) is 5.41 Å². The molecular weight excluding hydrogens is 395 g/mol. The molecule has 0 aliphatic rings. The van der Waals surface area contributed by atoms with Crippen molar-refractivity contribution in [1.82, 2.24) is 5.32 Å². The normalized spacial score (nSPS) is 10.2. The van der Waals surface area contributed by atoms with Gasteiger partial charge in [-0.2, -0.15) is 0 Å². The van der Waals surface area contributed by atoms with Gasteiger partial charge in [-0.1, -0.05) is 72.3 Å². The smallest absolute Gasteiger partial charge is 0.125 e. The van der Waals surface area contributed by atoms with Crippen molar-refractivity contribution in [3.05, 3.63) is 101 Å². The monoisotopic (exact) mass is 418 g/mol. The van der Waals surface area contributed by atoms with E-state index < -0.39 is 5.54 Å². The first kappa shape index (κ1) is 23.5. The van der Waals surface area contributed by atoms with Gasteiger partial charge in [-0.05, 0) is 36.2 Å². The number of halogens is 2. The summed E-state index contributed by atoms with van der Waals surface area (Å²) < 4.78 is 5.66. The Morgan fingerprint density at radius 2 is 1.43 bits per heavy atom. The Labute approximate surface area is 176 Å². The molecule has 0 unspecified atom stereocenters. The lowest BCUT2D eigenvalue weighted by Gasteiger charge is -2.38. The van der Waals surface area contributed by atoms with Crippen molar-refractivity contribution in [2.24, 2.45) is 0 Å². The van der Waals surface area contributed by atoms with Crippen LogP contribution in [-0.2, 0) is 5.54 Å². The first-order valence-electron chi connectivity index (χ1n) is 8.36. The molecule has 3 aromatic carbocycles. The van der Waals surface area contributed by atoms with Gasteiger partial charge in [0.15, 0.2) is 0 Å². The summed E-state index contributed by atoms with van der Waals surface area (Å²) in [5.41, 5.74) is 2.05. The van der Waals surface area contributed by atoms with Crippen LogP contribution in [0.5, 0.6) is 5.75 Å². The molecule has 0 aromatic heterocycles. The van der Waals surface area contributed by atoms with Crippen molar-refractivity contribution < 1.29 is 10.2 Å². The summed E-state index contributed by atoms with van der Waals surface area (Å²) in [5, 5.41) is 12.2. The van der Waals surface area contributed by atoms with E-state index in [4.69, 9.17) is 21.7 Å². The van der Waals surface area contributed by atoms with Gasteiger partial charge in [0.05, 0.1) is 12.9 Å². The zero-order chi connectivity index (χ0) is 18.6. The summed E-state index contributed by atoms with van der Waals surface area (Å²) in [6, 6.07) is 25.7. The lowest BCUT2D eigenvalue weighted by Crippen LogP contribution is -2.47. The second-order valence-electron chi connectivity index (χ2n) is 6.08. The molecule has 0 aliphatic heterocycles. The van der Waals surface area contributed by atoms with E-state index in [-0.39, 0.29) is 17.9 Å². The molecule has 0 saturated carbocycles. The van der Waals surface area contributed by atoms with Crippen LogP contribution in [0.1, 0.15) is 23.6 Å². The van der Waals surface area contributed by atoms with Crippen molar-refractivity contribution in [3.8, 4) is 5.75 Å². The Balaban J connectivity index is 0.00000196. The minimum atomic E-state index is -0.801. The van der Waals surface area contributed by atoms with Gasteiger partial charge in [-0.25, -0.2) is 0 Å². The summed E-state index contributed by atoms with van der Waals surface area (Å²) in [7, 11) is 1.64. The fourth-order valence-corrected chi connectivity index (χ4v) is 3.49. The van der Waals surface area contributed by atoms with Crippen molar-refractivity contribution in [2.45, 2.75) is 12.5 Å². The van der Waals surface area contributed by atoms with E-state index in [2.05, 4.69) is 5.32 Å². The molecule has 3 rings (SSSR count). The molecule has 0 saturated heterocycles. The second kappa shape index (κ2) is 10.1. The van der Waals surface area contributed by atoms with Gasteiger partial charge in [0.25, 0.3) is 0 Å². The first-order valence-corrected chi connectivity index (χ1v) is 8.74. The van der Waals surface area contributed by atoms with Crippen LogP contribution in [0.2, 0.25) is 5.02 Å². The van der Waals surface area contributed by atoms with Crippen molar-refractivity contribution in [2.75, 3.05) is 7.11 Å². The third-order valence-corrected chi connectivity index (χ3v) is 4.59. The number of hydrogen-bond donors (Lipinski definition) is 2. The molecule has 0 atom stereocenters. The summed E-state index contributed by atoms with van der Waals surface area (Å²) in [6.07, 6.45) is 0. The van der Waals surface area contributed by atoms with Gasteiger partial charge in [-0.15, -0.1) is 12.4 Å². The Morgan fingerprint density at radius 3 is 1.86 bits per heavy atom. The highest BCUT2D eigenvalue weighted by atomic mass is 35.5. The van der Waals surface area contributed by atoms with Gasteiger partial charge in [0.1, 0.15) is 11.3 Å². The predicted octanol–water partition coefficient (Wildman–Crippen LogP) is 4.82. The van der Waals surface area contributed by atoms with E-state index >= 15 is 0 Å². The fourth-order valence-electron chi connectivity index (χ4n) is 3.32. The highest BCUT2D eigenvalue weighted by Gasteiger charge is 2.39. The Bertz CT molecular complexity index is 863. The van der Waals surface area contributed by atoms with E-state index in [0.29, 0.717) is 16.6 Å². The molecule has 0 fully saturated rings. The molecule has 148 valence electrons. The van der Waals surface area contributed by atoms with Crippen LogP contribution in [0.3, 0.4) is 0 Å². The number of methoxy groups -OCH3 is 1. The minimum absolute atomic E-state index is 0. The van der Waals surface area contributed by atoms with Gasteiger partial charge >= 0.3 is 0 Å². The number of amidine groups is 1. The van der Waals surface area contributed by atoms with Gasteiger partial charge in [-0.3, -0.25) is 5.41 Å². The molecular formula is C22H24Cl2N2O2.